The summed E-state index contributed by atoms with van der Waals surface area (Å²) in [5, 5.41) is 2.87. The molecular formula is C15H21N3O5. The van der Waals surface area contributed by atoms with Crippen molar-refractivity contribution in [2.24, 2.45) is 11.8 Å². The van der Waals surface area contributed by atoms with Gasteiger partial charge in [-0.3, -0.25) is 14.6 Å². The van der Waals surface area contributed by atoms with Gasteiger partial charge in [-0.25, -0.2) is 9.59 Å². The summed E-state index contributed by atoms with van der Waals surface area (Å²) in [4.78, 5) is 49.9. The third-order valence-corrected chi connectivity index (χ3v) is 4.37. The zero-order valence-electron chi connectivity index (χ0n) is 13.2. The number of hydrogen-bond acceptors (Lipinski definition) is 5. The molecule has 3 N–H and O–H groups in total. The van der Waals surface area contributed by atoms with Gasteiger partial charge in [0.1, 0.15) is 5.69 Å². The molecule has 1 aromatic heterocycles. The van der Waals surface area contributed by atoms with Crippen LogP contribution < -0.4 is 16.6 Å². The Morgan fingerprint density at radius 2 is 2.00 bits per heavy atom. The number of hydrogen-bond donors (Lipinski definition) is 3. The molecule has 1 heterocycles. The molecule has 1 aliphatic rings. The summed E-state index contributed by atoms with van der Waals surface area (Å²) in [7, 11) is 0. The number of aromatic amines is 2. The van der Waals surface area contributed by atoms with Gasteiger partial charge in [0.25, 0.3) is 11.5 Å². The molecule has 0 saturated heterocycles. The van der Waals surface area contributed by atoms with Gasteiger partial charge in [-0.05, 0) is 18.3 Å². The number of carbonyl (C=O) groups excluding carboxylic acids is 2. The van der Waals surface area contributed by atoms with Gasteiger partial charge < -0.3 is 15.0 Å². The van der Waals surface area contributed by atoms with Crippen LogP contribution in [0.25, 0.3) is 0 Å². The van der Waals surface area contributed by atoms with E-state index < -0.39 is 29.7 Å². The molecule has 0 aromatic carbocycles. The van der Waals surface area contributed by atoms with Crippen LogP contribution in [0.1, 0.15) is 43.6 Å². The SMILES string of the molecule is C[C@H]1[C@H](C)CCC[C@H]1NC(=O)COC(=O)c1cc(=O)[nH]c(=O)[nH]1. The molecule has 1 aliphatic carbocycles. The molecule has 0 bridgehead atoms. The van der Waals surface area contributed by atoms with Gasteiger partial charge in [-0.1, -0.05) is 26.7 Å². The normalized spacial score (nSPS) is 24.0. The molecule has 3 atom stereocenters. The third-order valence-electron chi connectivity index (χ3n) is 4.37. The quantitative estimate of drug-likeness (QED) is 0.682. The monoisotopic (exact) mass is 323 g/mol. The summed E-state index contributed by atoms with van der Waals surface area (Å²) in [6.07, 6.45) is 3.12. The minimum atomic E-state index is -0.923. The van der Waals surface area contributed by atoms with Crippen LogP contribution in [0.15, 0.2) is 15.7 Å². The second-order valence-corrected chi connectivity index (χ2v) is 6.02. The van der Waals surface area contributed by atoms with Crippen molar-refractivity contribution in [2.75, 3.05) is 6.61 Å². The fourth-order valence-electron chi connectivity index (χ4n) is 2.82. The van der Waals surface area contributed by atoms with E-state index in [-0.39, 0.29) is 11.7 Å². The van der Waals surface area contributed by atoms with E-state index in [1.54, 1.807) is 0 Å². The van der Waals surface area contributed by atoms with Crippen LogP contribution in [0, 0.1) is 11.8 Å². The number of ether oxygens (including phenoxy) is 1. The molecule has 1 amide bonds. The lowest BCUT2D eigenvalue weighted by atomic mass is 9.78. The third kappa shape index (κ3) is 4.54. The predicted molar refractivity (Wildman–Crippen MR) is 82.1 cm³/mol. The Bertz CT molecular complexity index is 665. The van der Waals surface area contributed by atoms with E-state index in [1.165, 1.54) is 0 Å². The topological polar surface area (TPSA) is 121 Å². The highest BCUT2D eigenvalue weighted by Gasteiger charge is 2.28. The molecule has 0 spiro atoms. The van der Waals surface area contributed by atoms with Gasteiger partial charge in [0.2, 0.25) is 0 Å². The zero-order chi connectivity index (χ0) is 17.0. The van der Waals surface area contributed by atoms with Crippen LogP contribution in [0.3, 0.4) is 0 Å². The van der Waals surface area contributed by atoms with Crippen molar-refractivity contribution in [3.8, 4) is 0 Å². The Labute approximate surface area is 132 Å². The number of H-pyrrole nitrogens is 2. The van der Waals surface area contributed by atoms with Gasteiger partial charge in [-0.15, -0.1) is 0 Å². The fraction of sp³-hybridized carbons (Fsp3) is 0.600. The Morgan fingerprint density at radius 3 is 2.70 bits per heavy atom. The van der Waals surface area contributed by atoms with Crippen LogP contribution >= 0.6 is 0 Å². The maximum atomic E-state index is 11.9. The number of rotatable bonds is 4. The Morgan fingerprint density at radius 1 is 1.26 bits per heavy atom. The van der Waals surface area contributed by atoms with Crippen molar-refractivity contribution >= 4 is 11.9 Å². The first-order valence-electron chi connectivity index (χ1n) is 7.67. The predicted octanol–water partition coefficient (Wildman–Crippen LogP) is 0.161. The molecule has 8 nitrogen and oxygen atoms in total. The molecule has 0 aliphatic heterocycles. The second kappa shape index (κ2) is 7.26. The van der Waals surface area contributed by atoms with Crippen molar-refractivity contribution in [2.45, 2.75) is 39.2 Å². The largest absolute Gasteiger partial charge is 0.451 e. The highest BCUT2D eigenvalue weighted by atomic mass is 16.5. The molecule has 1 aromatic rings. The first-order valence-corrected chi connectivity index (χ1v) is 7.67. The Kier molecular flexibility index (Phi) is 5.36. The van der Waals surface area contributed by atoms with E-state index in [9.17, 15) is 19.2 Å². The van der Waals surface area contributed by atoms with E-state index in [1.807, 2.05) is 4.98 Å². The van der Waals surface area contributed by atoms with Crippen LogP contribution in [-0.2, 0) is 9.53 Å². The lowest BCUT2D eigenvalue weighted by Gasteiger charge is -2.34. The Balaban J connectivity index is 1.87. The number of nitrogens with one attached hydrogen (secondary N) is 3. The van der Waals surface area contributed by atoms with Crippen LogP contribution in [0.5, 0.6) is 0 Å². The number of esters is 1. The van der Waals surface area contributed by atoms with Gasteiger partial charge in [-0.2, -0.15) is 0 Å². The lowest BCUT2D eigenvalue weighted by molar-refractivity contribution is -0.125. The summed E-state index contributed by atoms with van der Waals surface area (Å²) in [6.45, 7) is 3.80. The van der Waals surface area contributed by atoms with Gasteiger partial charge in [0, 0.05) is 12.1 Å². The van der Waals surface area contributed by atoms with E-state index in [4.69, 9.17) is 4.74 Å². The van der Waals surface area contributed by atoms with Crippen molar-refractivity contribution in [1.82, 2.24) is 15.3 Å². The summed E-state index contributed by atoms with van der Waals surface area (Å²) >= 11 is 0. The van der Waals surface area contributed by atoms with Gasteiger partial charge >= 0.3 is 11.7 Å². The second-order valence-electron chi connectivity index (χ2n) is 6.02. The smallest absolute Gasteiger partial charge is 0.355 e. The molecule has 8 heteroatoms. The van der Waals surface area contributed by atoms with Crippen molar-refractivity contribution in [3.05, 3.63) is 32.6 Å². The number of amides is 1. The van der Waals surface area contributed by atoms with E-state index in [2.05, 4.69) is 24.1 Å². The highest BCUT2D eigenvalue weighted by Crippen LogP contribution is 2.29. The van der Waals surface area contributed by atoms with E-state index >= 15 is 0 Å². The number of carbonyl (C=O) groups is 2. The summed E-state index contributed by atoms with van der Waals surface area (Å²) in [6, 6.07) is 0.983. The lowest BCUT2D eigenvalue weighted by Crippen LogP contribution is -2.45. The fourth-order valence-corrected chi connectivity index (χ4v) is 2.82. The molecular weight excluding hydrogens is 302 g/mol. The summed E-state index contributed by atoms with van der Waals surface area (Å²) in [5.74, 6) is -0.407. The van der Waals surface area contributed by atoms with Gasteiger partial charge in [0.15, 0.2) is 6.61 Å². The maximum absolute atomic E-state index is 11.9. The van der Waals surface area contributed by atoms with Crippen LogP contribution in [0.2, 0.25) is 0 Å². The molecule has 1 fully saturated rings. The summed E-state index contributed by atoms with van der Waals surface area (Å²) in [5.41, 5.74) is -1.81. The van der Waals surface area contributed by atoms with Crippen molar-refractivity contribution < 1.29 is 14.3 Å². The first kappa shape index (κ1) is 17.0. The van der Waals surface area contributed by atoms with E-state index in [0.717, 1.165) is 25.3 Å². The molecule has 23 heavy (non-hydrogen) atoms. The molecule has 126 valence electrons. The molecule has 2 rings (SSSR count). The maximum Gasteiger partial charge on any atom is 0.355 e. The summed E-state index contributed by atoms with van der Waals surface area (Å²) < 4.78 is 4.83. The van der Waals surface area contributed by atoms with E-state index in [0.29, 0.717) is 11.8 Å². The van der Waals surface area contributed by atoms with Crippen LogP contribution in [-0.4, -0.2) is 34.5 Å². The molecule has 1 saturated carbocycles. The average molecular weight is 323 g/mol. The molecule has 0 unspecified atom stereocenters. The first-order chi connectivity index (χ1) is 10.9. The van der Waals surface area contributed by atoms with Crippen molar-refractivity contribution in [3.63, 3.8) is 0 Å². The highest BCUT2D eigenvalue weighted by molar-refractivity contribution is 5.89. The van der Waals surface area contributed by atoms with Gasteiger partial charge in [0.05, 0.1) is 0 Å². The standard InChI is InChI=1S/C15H21N3O5/c1-8-4-3-5-10(9(8)2)16-13(20)7-23-14(21)11-6-12(19)18-15(22)17-11/h6,8-10H,3-5,7H2,1-2H3,(H,16,20)(H2,17,18,19,22)/t8-,9+,10-/m1/s1. The Hall–Kier alpha value is -2.38. The zero-order valence-corrected chi connectivity index (χ0v) is 13.2. The minimum absolute atomic E-state index is 0.0735. The number of aromatic nitrogens is 2. The van der Waals surface area contributed by atoms with Crippen LogP contribution in [0.4, 0.5) is 0 Å². The average Bonchev–Trinajstić information content (AvgIpc) is 2.48. The molecule has 0 radical (unpaired) electrons. The van der Waals surface area contributed by atoms with Crippen molar-refractivity contribution in [1.29, 1.82) is 0 Å². The minimum Gasteiger partial charge on any atom is -0.451 e.